The molecule has 0 fully saturated rings. The predicted octanol–water partition coefficient (Wildman–Crippen LogP) is -2.60. The topological polar surface area (TPSA) is 0 Å². The van der Waals surface area contributed by atoms with Crippen LogP contribution in [0.4, 0.5) is 0 Å². The SMILES string of the molecule is [Fe].[NaH].[NaH].[NaH].[NaH]. The summed E-state index contributed by atoms with van der Waals surface area (Å²) < 4.78 is 0. The third kappa shape index (κ3) is 17.7. The molecular weight excluding hydrogens is 148 g/mol. The van der Waals surface area contributed by atoms with Crippen LogP contribution in [0.1, 0.15) is 0 Å². The molecule has 0 amide bonds. The molecule has 0 aliphatic rings. The van der Waals surface area contributed by atoms with Crippen LogP contribution in [0.25, 0.3) is 0 Å². The van der Waals surface area contributed by atoms with E-state index in [2.05, 4.69) is 0 Å². The molecule has 5 heavy (non-hydrogen) atoms. The molecule has 0 spiro atoms. The second-order valence-electron chi connectivity index (χ2n) is 0. The van der Waals surface area contributed by atoms with Gasteiger partial charge in [0, 0.05) is 17.1 Å². The van der Waals surface area contributed by atoms with Crippen molar-refractivity contribution in [1.82, 2.24) is 0 Å². The Morgan fingerprint density at radius 1 is 0.400 bits per heavy atom. The van der Waals surface area contributed by atoms with E-state index in [1.807, 2.05) is 0 Å². The van der Waals surface area contributed by atoms with E-state index >= 15 is 0 Å². The molecule has 0 unspecified atom stereocenters. The number of hydrogen-bond donors (Lipinski definition) is 0. The van der Waals surface area contributed by atoms with Gasteiger partial charge in [0.2, 0.25) is 0 Å². The van der Waals surface area contributed by atoms with E-state index in [9.17, 15) is 0 Å². The van der Waals surface area contributed by atoms with Gasteiger partial charge in [-0.1, -0.05) is 0 Å². The zero-order valence-electron chi connectivity index (χ0n) is 0.354. The molecule has 0 aromatic heterocycles. The van der Waals surface area contributed by atoms with Gasteiger partial charge in [-0.05, 0) is 0 Å². The van der Waals surface area contributed by atoms with Gasteiger partial charge >= 0.3 is 118 Å². The third-order valence-corrected chi connectivity index (χ3v) is 0. The molecule has 5 heteroatoms. The second kappa shape index (κ2) is 23.6. The van der Waals surface area contributed by atoms with Gasteiger partial charge in [0.05, 0.1) is 0 Å². The fraction of sp³-hybridized carbons (Fsp3) is 0. The minimum absolute atomic E-state index is 0. The zero-order chi connectivity index (χ0) is 0. The Hall–Kier alpha value is 4.52. The quantitative estimate of drug-likeness (QED) is 0.334. The van der Waals surface area contributed by atoms with Crippen LogP contribution in [0.3, 0.4) is 0 Å². The Morgan fingerprint density at radius 2 is 0.400 bits per heavy atom. The van der Waals surface area contributed by atoms with E-state index < -0.39 is 0 Å². The Labute approximate surface area is 132 Å². The summed E-state index contributed by atoms with van der Waals surface area (Å²) in [6, 6.07) is 0. The van der Waals surface area contributed by atoms with Crippen LogP contribution in [0.15, 0.2) is 0 Å². The second-order valence-corrected chi connectivity index (χ2v) is 0. The van der Waals surface area contributed by atoms with Gasteiger partial charge in [-0.2, -0.15) is 0 Å². The molecule has 0 bridgehead atoms. The van der Waals surface area contributed by atoms with Crippen molar-refractivity contribution in [2.24, 2.45) is 0 Å². The molecule has 0 rings (SSSR count). The van der Waals surface area contributed by atoms with E-state index in [-0.39, 0.29) is 135 Å². The number of hydrogen-bond acceptors (Lipinski definition) is 0. The van der Waals surface area contributed by atoms with Gasteiger partial charge in [-0.25, -0.2) is 0 Å². The van der Waals surface area contributed by atoms with Crippen LogP contribution in [0.5, 0.6) is 0 Å². The first-order valence-electron chi connectivity index (χ1n) is 0. The van der Waals surface area contributed by atoms with E-state index in [0.717, 1.165) is 0 Å². The van der Waals surface area contributed by atoms with Crippen LogP contribution in [-0.4, -0.2) is 118 Å². The zero-order valence-corrected chi connectivity index (χ0v) is 1.46. The minimum atomic E-state index is 0. The monoisotopic (exact) mass is 152 g/mol. The Bertz CT molecular complexity index is 3.61. The molecule has 0 aromatic rings. The van der Waals surface area contributed by atoms with E-state index in [4.69, 9.17) is 0 Å². The molecule has 0 N–H and O–H groups in total. The Morgan fingerprint density at radius 3 is 0.400 bits per heavy atom. The first-order valence-corrected chi connectivity index (χ1v) is 0. The van der Waals surface area contributed by atoms with Crippen molar-refractivity contribution in [3.63, 3.8) is 0 Å². The van der Waals surface area contributed by atoms with Crippen LogP contribution < -0.4 is 0 Å². The summed E-state index contributed by atoms with van der Waals surface area (Å²) in [7, 11) is 0. The van der Waals surface area contributed by atoms with Crippen LogP contribution in [0.2, 0.25) is 0 Å². The fourth-order valence-electron chi connectivity index (χ4n) is 0. The Kier molecular flexibility index (Phi) is 160. The van der Waals surface area contributed by atoms with Gasteiger partial charge < -0.3 is 0 Å². The summed E-state index contributed by atoms with van der Waals surface area (Å²) in [6.07, 6.45) is 0. The van der Waals surface area contributed by atoms with E-state index in [1.54, 1.807) is 0 Å². The summed E-state index contributed by atoms with van der Waals surface area (Å²) in [4.78, 5) is 0. The van der Waals surface area contributed by atoms with Gasteiger partial charge in [0.25, 0.3) is 0 Å². The van der Waals surface area contributed by atoms with Gasteiger partial charge in [0.1, 0.15) is 0 Å². The number of rotatable bonds is 0. The third-order valence-electron chi connectivity index (χ3n) is 0. The van der Waals surface area contributed by atoms with Gasteiger partial charge in [-0.3, -0.25) is 0 Å². The maximum atomic E-state index is 0. The van der Waals surface area contributed by atoms with E-state index in [0.29, 0.717) is 0 Å². The molecule has 0 saturated heterocycles. The summed E-state index contributed by atoms with van der Waals surface area (Å²) in [5, 5.41) is 0. The standard InChI is InChI=1S/Fe.4Na.4H. The van der Waals surface area contributed by atoms with Crippen LogP contribution in [0, 0.1) is 0 Å². The molecule has 0 aliphatic carbocycles. The molecule has 0 aromatic carbocycles. The molecule has 0 radical (unpaired) electrons. The van der Waals surface area contributed by atoms with Gasteiger partial charge in [-0.15, -0.1) is 0 Å². The normalized spacial score (nSPS) is 0. The maximum absolute atomic E-state index is 0. The average molecular weight is 152 g/mol. The fourth-order valence-corrected chi connectivity index (χ4v) is 0. The molecule has 16 valence electrons. The molecule has 0 heterocycles. The first kappa shape index (κ1) is 33.8. The first-order chi connectivity index (χ1) is 0. The summed E-state index contributed by atoms with van der Waals surface area (Å²) in [6.45, 7) is 0. The van der Waals surface area contributed by atoms with Crippen LogP contribution >= 0.6 is 0 Å². The van der Waals surface area contributed by atoms with Crippen molar-refractivity contribution < 1.29 is 17.1 Å². The van der Waals surface area contributed by atoms with Crippen molar-refractivity contribution in [2.45, 2.75) is 0 Å². The van der Waals surface area contributed by atoms with Crippen molar-refractivity contribution >= 4 is 118 Å². The molecule has 0 atom stereocenters. The molecule has 0 nitrogen and oxygen atoms in total. The van der Waals surface area contributed by atoms with Crippen molar-refractivity contribution in [3.8, 4) is 0 Å². The summed E-state index contributed by atoms with van der Waals surface area (Å²) >= 11 is 0. The molecule has 0 aliphatic heterocycles. The van der Waals surface area contributed by atoms with Crippen molar-refractivity contribution in [2.75, 3.05) is 0 Å². The van der Waals surface area contributed by atoms with Crippen LogP contribution in [-0.2, 0) is 17.1 Å². The molecular formula is H4FeNa4. The van der Waals surface area contributed by atoms with Crippen molar-refractivity contribution in [3.05, 3.63) is 0 Å². The predicted molar refractivity (Wildman–Crippen MR) is 28.6 cm³/mol. The molecule has 0 saturated carbocycles. The summed E-state index contributed by atoms with van der Waals surface area (Å²) in [5.41, 5.74) is 0. The van der Waals surface area contributed by atoms with Crippen molar-refractivity contribution in [1.29, 1.82) is 0 Å². The summed E-state index contributed by atoms with van der Waals surface area (Å²) in [5.74, 6) is 0. The van der Waals surface area contributed by atoms with Gasteiger partial charge in [0.15, 0.2) is 0 Å². The Balaban J connectivity index is 0. The van der Waals surface area contributed by atoms with E-state index in [1.165, 1.54) is 0 Å². The average Bonchev–Trinajstić information content (AvgIpc) is 0.